The van der Waals surface area contributed by atoms with Gasteiger partial charge in [0, 0.05) is 34.8 Å². The van der Waals surface area contributed by atoms with Gasteiger partial charge in [0.25, 0.3) is 0 Å². The largest absolute Gasteiger partial charge is 0.464 e. The number of nitrogens with zero attached hydrogens (tertiary/aromatic N) is 5. The fraction of sp³-hybridized carbons (Fsp3) is 0.294. The van der Waals surface area contributed by atoms with Crippen LogP contribution in [0.4, 0.5) is 0 Å². The number of benzene rings is 3. The lowest BCUT2D eigenvalue weighted by atomic mass is 9.77. The van der Waals surface area contributed by atoms with Gasteiger partial charge in [-0.25, -0.2) is 14.6 Å². The molecule has 3 atom stereocenters. The molecule has 0 spiro atoms. The van der Waals surface area contributed by atoms with E-state index in [9.17, 15) is 14.4 Å². The van der Waals surface area contributed by atoms with E-state index in [0.717, 1.165) is 22.7 Å². The summed E-state index contributed by atoms with van der Waals surface area (Å²) in [6, 6.07) is 29.4. The molecule has 254 valence electrons. The van der Waals surface area contributed by atoms with Crippen LogP contribution < -0.4 is 16.0 Å². The molecule has 5 rings (SSSR count). The minimum Gasteiger partial charge on any atom is -0.464 e. The van der Waals surface area contributed by atoms with Crippen molar-refractivity contribution >= 4 is 41.7 Å². The first kappa shape index (κ1) is 35.2. The smallest absolute Gasteiger partial charge is 0.334 e. The molecule has 2 amide bonds. The van der Waals surface area contributed by atoms with Crippen molar-refractivity contribution in [3.05, 3.63) is 129 Å². The maximum Gasteiger partial charge on any atom is 0.334 e. The number of rotatable bonds is 14. The third-order valence-electron chi connectivity index (χ3n) is 7.73. The van der Waals surface area contributed by atoms with Crippen LogP contribution in [0.1, 0.15) is 23.1 Å². The van der Waals surface area contributed by atoms with Gasteiger partial charge in [0.2, 0.25) is 11.8 Å². The molecule has 3 N–H and O–H groups in total. The second kappa shape index (κ2) is 15.9. The second-order valence-electron chi connectivity index (χ2n) is 12.6. The van der Waals surface area contributed by atoms with E-state index in [0.29, 0.717) is 17.5 Å². The molecule has 49 heavy (non-hydrogen) atoms. The molecule has 2 aliphatic rings. The van der Waals surface area contributed by atoms with E-state index in [2.05, 4.69) is 50.1 Å². The van der Waals surface area contributed by atoms with Crippen LogP contribution in [0.15, 0.2) is 117 Å². The molecule has 0 aromatic heterocycles. The standard InChI is InChI=1S/C34H38N8O5SSi/c1-49(2,3)20-19-46-29(44)22-47-42-48-23-27(21-28(43)37-30-31(40-41-35)38-32(30)45)36-33(48)39-34(24-13-7-4-8-14-24,25-15-9-5-10-16-25)26-17-11-6-12-18-26/h4-18,23,30-31H,19-22H2,1-3H3,(H,36,39)(H,37,43)(H,38,45)/t30-,31+,48?/m1/s1. The number of amidine groups is 1. The molecule has 0 aliphatic carbocycles. The Labute approximate surface area is 287 Å². The number of nitrogens with one attached hydrogen (secondary N) is 3. The van der Waals surface area contributed by atoms with E-state index in [-0.39, 0.29) is 13.0 Å². The number of hydrogen-bond donors (Lipinski definition) is 3. The minimum atomic E-state index is -1.38. The van der Waals surface area contributed by atoms with Gasteiger partial charge in [-0.1, -0.05) is 120 Å². The minimum absolute atomic E-state index is 0.154. The number of azide groups is 1. The van der Waals surface area contributed by atoms with Crippen LogP contribution in [0.5, 0.6) is 0 Å². The highest BCUT2D eigenvalue weighted by molar-refractivity contribution is 8.05. The van der Waals surface area contributed by atoms with E-state index in [1.165, 1.54) is 0 Å². The summed E-state index contributed by atoms with van der Waals surface area (Å²) in [5, 5.41) is 13.9. The molecule has 1 unspecified atom stereocenters. The number of β-lactam (4-membered cyclic amide) rings is 1. The Morgan fingerprint density at radius 2 is 1.53 bits per heavy atom. The first-order chi connectivity index (χ1) is 23.6. The molecule has 0 bridgehead atoms. The Balaban J connectivity index is 1.50. The van der Waals surface area contributed by atoms with Gasteiger partial charge >= 0.3 is 5.97 Å². The maximum absolute atomic E-state index is 13.1. The van der Waals surface area contributed by atoms with E-state index >= 15 is 0 Å². The van der Waals surface area contributed by atoms with Gasteiger partial charge in [-0.3, -0.25) is 9.59 Å². The van der Waals surface area contributed by atoms with E-state index < -0.39 is 54.3 Å². The van der Waals surface area contributed by atoms with Crippen molar-refractivity contribution in [3.8, 4) is 0 Å². The van der Waals surface area contributed by atoms with Crippen molar-refractivity contribution in [2.45, 2.75) is 49.9 Å². The summed E-state index contributed by atoms with van der Waals surface area (Å²) in [5.41, 5.74) is 10.9. The molecule has 0 radical (unpaired) electrons. The lowest BCUT2D eigenvalue weighted by Gasteiger charge is -2.33. The van der Waals surface area contributed by atoms with Gasteiger partial charge in [0.05, 0.1) is 13.0 Å². The highest BCUT2D eigenvalue weighted by Gasteiger charge is 2.41. The normalized spacial score (nSPS) is 19.6. The fourth-order valence-corrected chi connectivity index (χ4v) is 7.20. The van der Waals surface area contributed by atoms with Crippen LogP contribution in [-0.4, -0.2) is 56.4 Å². The van der Waals surface area contributed by atoms with Crippen LogP contribution in [0.2, 0.25) is 25.7 Å². The van der Waals surface area contributed by atoms with Crippen LogP contribution in [-0.2, 0) is 40.2 Å². The van der Waals surface area contributed by atoms with Crippen molar-refractivity contribution in [1.82, 2.24) is 16.0 Å². The monoisotopic (exact) mass is 698 g/mol. The molecule has 0 saturated carbocycles. The summed E-state index contributed by atoms with van der Waals surface area (Å²) in [5.74, 6) is -1.45. The Kier molecular flexibility index (Phi) is 11.4. The number of hydrogen-bond acceptors (Lipinski definition) is 8. The molecular formula is C34H38N8O5SSi. The van der Waals surface area contributed by atoms with Gasteiger partial charge in [-0.2, -0.15) is 0 Å². The third-order valence-corrected chi connectivity index (χ3v) is 10.8. The van der Waals surface area contributed by atoms with Crippen molar-refractivity contribution in [2.24, 2.45) is 14.6 Å². The molecule has 1 fully saturated rings. The number of ether oxygens (including phenoxy) is 1. The Bertz CT molecular complexity index is 1710. The van der Waals surface area contributed by atoms with E-state index in [1.54, 1.807) is 5.41 Å². The quantitative estimate of drug-likeness (QED) is 0.0310. The molecule has 2 aliphatic heterocycles. The maximum atomic E-state index is 13.1. The SMILES string of the molecule is C[Si](C)(C)CCOC(=O)CON=S1C=C(CC(=O)N[C@H]2C(=O)N[C@H]2N=[N+]=[N-])NC1=NC(c1ccccc1)(c1ccccc1)c1ccccc1. The van der Waals surface area contributed by atoms with Gasteiger partial charge in [-0.05, 0) is 28.3 Å². The molecule has 3 aromatic carbocycles. The van der Waals surface area contributed by atoms with Crippen LogP contribution in [0, 0.1) is 0 Å². The van der Waals surface area contributed by atoms with Crippen LogP contribution in [0.3, 0.4) is 0 Å². The zero-order valence-corrected chi connectivity index (χ0v) is 29.2. The summed E-state index contributed by atoms with van der Waals surface area (Å²) in [6.45, 7) is 6.54. The van der Waals surface area contributed by atoms with Gasteiger partial charge in [0.1, 0.15) is 17.7 Å². The molecular weight excluding hydrogens is 661 g/mol. The second-order valence-corrected chi connectivity index (χ2v) is 19.6. The van der Waals surface area contributed by atoms with Crippen molar-refractivity contribution in [1.29, 1.82) is 0 Å². The van der Waals surface area contributed by atoms with Gasteiger partial charge < -0.3 is 20.7 Å². The Hall–Kier alpha value is -5.08. The fourth-order valence-electron chi connectivity index (χ4n) is 5.22. The van der Waals surface area contributed by atoms with Gasteiger partial charge in [0.15, 0.2) is 11.8 Å². The summed E-state index contributed by atoms with van der Waals surface area (Å²) >= 11 is 0. The van der Waals surface area contributed by atoms with Crippen molar-refractivity contribution in [2.75, 3.05) is 13.2 Å². The van der Waals surface area contributed by atoms with Crippen molar-refractivity contribution in [3.63, 3.8) is 0 Å². The Morgan fingerprint density at radius 3 is 2.04 bits per heavy atom. The van der Waals surface area contributed by atoms with Crippen LogP contribution >= 0.6 is 0 Å². The van der Waals surface area contributed by atoms with Crippen molar-refractivity contribution < 1.29 is 24.0 Å². The molecule has 13 nitrogen and oxygen atoms in total. The highest BCUT2D eigenvalue weighted by Crippen LogP contribution is 2.41. The number of carbonyl (C=O) groups excluding carboxylic acids is 3. The third kappa shape index (κ3) is 8.89. The topological polar surface area (TPSA) is 179 Å². The average Bonchev–Trinajstić information content (AvgIpc) is 3.46. The molecule has 1 saturated heterocycles. The summed E-state index contributed by atoms with van der Waals surface area (Å²) < 4.78 is 9.74. The van der Waals surface area contributed by atoms with Crippen LogP contribution in [0.25, 0.3) is 10.4 Å². The first-order valence-corrected chi connectivity index (χ1v) is 20.6. The highest BCUT2D eigenvalue weighted by atomic mass is 32.2. The lowest BCUT2D eigenvalue weighted by Crippen LogP contribution is -2.68. The first-order valence-electron chi connectivity index (χ1n) is 15.7. The number of carbonyl (C=O) groups is 3. The summed E-state index contributed by atoms with van der Waals surface area (Å²) in [7, 11) is -2.56. The molecule has 3 aromatic rings. The lowest BCUT2D eigenvalue weighted by molar-refractivity contribution is -0.148. The molecule has 15 heteroatoms. The predicted octanol–water partition coefficient (Wildman–Crippen LogP) is 5.04. The summed E-state index contributed by atoms with van der Waals surface area (Å²) in [4.78, 5) is 51.2. The molecule has 2 heterocycles. The van der Waals surface area contributed by atoms with E-state index in [4.69, 9.17) is 20.1 Å². The van der Waals surface area contributed by atoms with Gasteiger partial charge in [-0.15, -0.1) is 0 Å². The summed E-state index contributed by atoms with van der Waals surface area (Å²) in [6.07, 6.45) is -1.02. The number of esters is 1. The zero-order valence-electron chi connectivity index (χ0n) is 27.4. The number of aliphatic imine (C=N–C) groups is 1. The average molecular weight is 699 g/mol. The predicted molar refractivity (Wildman–Crippen MR) is 190 cm³/mol. The Morgan fingerprint density at radius 1 is 0.959 bits per heavy atom. The van der Waals surface area contributed by atoms with E-state index in [1.807, 2.05) is 91.0 Å². The zero-order chi connectivity index (χ0) is 34.9. The number of amides is 2.